The summed E-state index contributed by atoms with van der Waals surface area (Å²) in [6.45, 7) is 4.79. The van der Waals surface area contributed by atoms with Gasteiger partial charge in [0.1, 0.15) is 17.3 Å². The Labute approximate surface area is 203 Å². The standard InChI is InChI=1S/C27H27FN4O3/c1-19(27-29-26(30-35-27)20-7-3-2-4-8-20)31-15-17-32(18-16-31)25(33)14-12-21-11-13-24(34-21)22-9-5-6-10-23(22)28/h2-11,13,19H,12,14-18H2,1H3. The van der Waals surface area contributed by atoms with Gasteiger partial charge >= 0.3 is 0 Å². The lowest BCUT2D eigenvalue weighted by molar-refractivity contribution is -0.133. The normalized spacial score (nSPS) is 15.3. The van der Waals surface area contributed by atoms with Gasteiger partial charge < -0.3 is 13.8 Å². The van der Waals surface area contributed by atoms with E-state index in [1.54, 1.807) is 24.3 Å². The van der Waals surface area contributed by atoms with Crippen LogP contribution in [0.15, 0.2) is 75.7 Å². The van der Waals surface area contributed by atoms with Crippen molar-refractivity contribution in [2.24, 2.45) is 0 Å². The van der Waals surface area contributed by atoms with E-state index in [4.69, 9.17) is 8.94 Å². The van der Waals surface area contributed by atoms with Gasteiger partial charge in [0.05, 0.1) is 11.6 Å². The molecule has 0 aliphatic carbocycles. The molecule has 4 aromatic rings. The zero-order valence-electron chi connectivity index (χ0n) is 19.6. The summed E-state index contributed by atoms with van der Waals surface area (Å²) < 4.78 is 25.3. The average molecular weight is 475 g/mol. The van der Waals surface area contributed by atoms with Gasteiger partial charge in [0, 0.05) is 44.6 Å². The molecule has 3 heterocycles. The summed E-state index contributed by atoms with van der Waals surface area (Å²) >= 11 is 0. The molecule has 1 saturated heterocycles. The number of nitrogens with zero attached hydrogens (tertiary/aromatic N) is 4. The average Bonchev–Trinajstić information content (AvgIpc) is 3.58. The van der Waals surface area contributed by atoms with Crippen molar-refractivity contribution in [2.45, 2.75) is 25.8 Å². The van der Waals surface area contributed by atoms with Crippen LogP contribution in [-0.4, -0.2) is 52.0 Å². The van der Waals surface area contributed by atoms with Crippen LogP contribution < -0.4 is 0 Å². The number of hydrogen-bond donors (Lipinski definition) is 0. The van der Waals surface area contributed by atoms with Crippen LogP contribution in [0.2, 0.25) is 0 Å². The lowest BCUT2D eigenvalue weighted by Gasteiger charge is -2.36. The Balaban J connectivity index is 1.11. The first-order valence-electron chi connectivity index (χ1n) is 11.8. The van der Waals surface area contributed by atoms with E-state index < -0.39 is 0 Å². The fourth-order valence-electron chi connectivity index (χ4n) is 4.33. The lowest BCUT2D eigenvalue weighted by atomic mass is 10.1. The molecule has 8 heteroatoms. The SMILES string of the molecule is CC(c1nc(-c2ccccc2)no1)N1CCN(C(=O)CCc2ccc(-c3ccccc3F)o2)CC1. The number of carbonyl (C=O) groups excluding carboxylic acids is 1. The van der Waals surface area contributed by atoms with Gasteiger partial charge in [0.15, 0.2) is 0 Å². The largest absolute Gasteiger partial charge is 0.461 e. The molecule has 0 spiro atoms. The minimum absolute atomic E-state index is 0.0304. The van der Waals surface area contributed by atoms with Crippen molar-refractivity contribution in [3.8, 4) is 22.7 Å². The van der Waals surface area contributed by atoms with E-state index in [0.29, 0.717) is 54.7 Å². The summed E-state index contributed by atoms with van der Waals surface area (Å²) in [5.41, 5.74) is 1.34. The van der Waals surface area contributed by atoms with Gasteiger partial charge in [-0.1, -0.05) is 47.6 Å². The summed E-state index contributed by atoms with van der Waals surface area (Å²) in [5.74, 6) is 2.07. The fourth-order valence-corrected chi connectivity index (χ4v) is 4.33. The molecule has 0 radical (unpaired) electrons. The van der Waals surface area contributed by atoms with Gasteiger partial charge in [0.25, 0.3) is 0 Å². The van der Waals surface area contributed by atoms with Crippen molar-refractivity contribution < 1.29 is 18.1 Å². The molecule has 1 unspecified atom stereocenters. The third kappa shape index (κ3) is 5.17. The van der Waals surface area contributed by atoms with Gasteiger partial charge in [-0.3, -0.25) is 9.69 Å². The minimum Gasteiger partial charge on any atom is -0.461 e. The van der Waals surface area contributed by atoms with Crippen LogP contribution in [0, 0.1) is 5.82 Å². The Kier molecular flexibility index (Phi) is 6.72. The predicted molar refractivity (Wildman–Crippen MR) is 129 cm³/mol. The second-order valence-corrected chi connectivity index (χ2v) is 8.66. The number of piperazine rings is 1. The second-order valence-electron chi connectivity index (χ2n) is 8.66. The second kappa shape index (κ2) is 10.2. The lowest BCUT2D eigenvalue weighted by Crippen LogP contribution is -2.49. The van der Waals surface area contributed by atoms with Crippen molar-refractivity contribution in [1.29, 1.82) is 0 Å². The van der Waals surface area contributed by atoms with Crippen LogP contribution in [0.5, 0.6) is 0 Å². The maximum Gasteiger partial charge on any atom is 0.244 e. The molecular weight excluding hydrogens is 447 g/mol. The summed E-state index contributed by atoms with van der Waals surface area (Å²) in [7, 11) is 0. The van der Waals surface area contributed by atoms with Crippen molar-refractivity contribution in [3.63, 3.8) is 0 Å². The smallest absolute Gasteiger partial charge is 0.244 e. The number of furan rings is 1. The topological polar surface area (TPSA) is 75.6 Å². The highest BCUT2D eigenvalue weighted by molar-refractivity contribution is 5.76. The van der Waals surface area contributed by atoms with E-state index in [1.807, 2.05) is 48.2 Å². The number of hydrogen-bond acceptors (Lipinski definition) is 6. The number of halogens is 1. The summed E-state index contributed by atoms with van der Waals surface area (Å²) in [6.07, 6.45) is 0.831. The molecule has 1 aliphatic rings. The fraction of sp³-hybridized carbons (Fsp3) is 0.296. The zero-order valence-corrected chi connectivity index (χ0v) is 19.6. The van der Waals surface area contributed by atoms with E-state index in [-0.39, 0.29) is 17.8 Å². The number of carbonyl (C=O) groups is 1. The molecule has 1 atom stereocenters. The van der Waals surface area contributed by atoms with Crippen molar-refractivity contribution in [1.82, 2.24) is 19.9 Å². The summed E-state index contributed by atoms with van der Waals surface area (Å²) in [4.78, 5) is 21.5. The first-order chi connectivity index (χ1) is 17.1. The Hall–Kier alpha value is -3.78. The van der Waals surface area contributed by atoms with Crippen LogP contribution in [0.3, 0.4) is 0 Å². The van der Waals surface area contributed by atoms with Crippen LogP contribution in [0.1, 0.15) is 31.0 Å². The highest BCUT2D eigenvalue weighted by atomic mass is 19.1. The molecule has 1 amide bonds. The molecular formula is C27H27FN4O3. The van der Waals surface area contributed by atoms with E-state index >= 15 is 0 Å². The molecule has 5 rings (SSSR count). The van der Waals surface area contributed by atoms with Crippen molar-refractivity contribution in [2.75, 3.05) is 26.2 Å². The number of amides is 1. The maximum atomic E-state index is 14.0. The molecule has 1 aliphatic heterocycles. The number of rotatable bonds is 7. The quantitative estimate of drug-likeness (QED) is 0.376. The monoisotopic (exact) mass is 474 g/mol. The highest BCUT2D eigenvalue weighted by Gasteiger charge is 2.27. The molecule has 2 aromatic carbocycles. The molecule has 180 valence electrons. The van der Waals surface area contributed by atoms with Gasteiger partial charge in [-0.15, -0.1) is 0 Å². The first kappa shape index (κ1) is 23.0. The number of aryl methyl sites for hydroxylation is 1. The molecule has 0 N–H and O–H groups in total. The third-order valence-corrected chi connectivity index (χ3v) is 6.43. The van der Waals surface area contributed by atoms with Gasteiger partial charge in [-0.25, -0.2) is 4.39 Å². The van der Waals surface area contributed by atoms with Gasteiger partial charge in [0.2, 0.25) is 17.6 Å². The molecule has 2 aromatic heterocycles. The Bertz CT molecular complexity index is 1280. The Morgan fingerprint density at radius 1 is 1.00 bits per heavy atom. The van der Waals surface area contributed by atoms with Gasteiger partial charge in [-0.2, -0.15) is 4.98 Å². The number of aromatic nitrogens is 2. The van der Waals surface area contributed by atoms with Crippen LogP contribution in [-0.2, 0) is 11.2 Å². The van der Waals surface area contributed by atoms with Crippen LogP contribution >= 0.6 is 0 Å². The van der Waals surface area contributed by atoms with E-state index in [9.17, 15) is 9.18 Å². The van der Waals surface area contributed by atoms with Crippen molar-refractivity contribution in [3.05, 3.63) is 84.2 Å². The Morgan fingerprint density at radius 2 is 1.74 bits per heavy atom. The zero-order chi connectivity index (χ0) is 24.2. The minimum atomic E-state index is -0.326. The first-order valence-corrected chi connectivity index (χ1v) is 11.8. The van der Waals surface area contributed by atoms with Crippen LogP contribution in [0.4, 0.5) is 4.39 Å². The van der Waals surface area contributed by atoms with E-state index in [2.05, 4.69) is 15.0 Å². The predicted octanol–water partition coefficient (Wildman–Crippen LogP) is 4.97. The molecule has 0 saturated carbocycles. The van der Waals surface area contributed by atoms with Crippen molar-refractivity contribution >= 4 is 5.91 Å². The van der Waals surface area contributed by atoms with Crippen LogP contribution in [0.25, 0.3) is 22.7 Å². The Morgan fingerprint density at radius 3 is 2.51 bits per heavy atom. The summed E-state index contributed by atoms with van der Waals surface area (Å²) in [5, 5.41) is 4.12. The van der Waals surface area contributed by atoms with E-state index in [0.717, 1.165) is 18.7 Å². The van der Waals surface area contributed by atoms with E-state index in [1.165, 1.54) is 6.07 Å². The molecule has 7 nitrogen and oxygen atoms in total. The molecule has 0 bridgehead atoms. The van der Waals surface area contributed by atoms with Gasteiger partial charge in [-0.05, 0) is 31.2 Å². The molecule has 1 fully saturated rings. The molecule has 35 heavy (non-hydrogen) atoms. The highest BCUT2D eigenvalue weighted by Crippen LogP contribution is 2.26. The number of benzene rings is 2. The summed E-state index contributed by atoms with van der Waals surface area (Å²) in [6, 6.07) is 19.8. The third-order valence-electron chi connectivity index (χ3n) is 6.43. The maximum absolute atomic E-state index is 14.0.